The molecule has 3 aromatic heterocycles. The average Bonchev–Trinajstić information content (AvgIpc) is 2.97. The van der Waals surface area contributed by atoms with E-state index in [1.54, 1.807) is 7.05 Å². The van der Waals surface area contributed by atoms with Gasteiger partial charge >= 0.3 is 5.76 Å². The van der Waals surface area contributed by atoms with Crippen LogP contribution < -0.4 is 5.76 Å². The fraction of sp³-hybridized carbons (Fsp3) is 0.176. The molecule has 0 aliphatic rings. The standard InChI is InChI=1S/C17H15N3O2/c1-10-6-7-20-11(2)16(18-15(20)8-10)12-4-5-14-13(9-12)19(3)17(21)22-14/h4-9H,1-3H3. The summed E-state index contributed by atoms with van der Waals surface area (Å²) in [4.78, 5) is 16.3. The molecule has 5 nitrogen and oxygen atoms in total. The van der Waals surface area contributed by atoms with E-state index in [0.717, 1.165) is 28.1 Å². The van der Waals surface area contributed by atoms with Crippen molar-refractivity contribution in [3.05, 3.63) is 58.3 Å². The molecule has 0 radical (unpaired) electrons. The third-order valence-corrected chi connectivity index (χ3v) is 4.09. The molecule has 0 aliphatic heterocycles. The Balaban J connectivity index is 2.00. The lowest BCUT2D eigenvalue weighted by molar-refractivity contribution is 0.528. The lowest BCUT2D eigenvalue weighted by Gasteiger charge is -2.00. The van der Waals surface area contributed by atoms with Gasteiger partial charge < -0.3 is 8.82 Å². The molecule has 0 saturated carbocycles. The minimum Gasteiger partial charge on any atom is -0.408 e. The largest absolute Gasteiger partial charge is 0.419 e. The Bertz CT molecular complexity index is 1080. The molecular formula is C17H15N3O2. The van der Waals surface area contributed by atoms with Gasteiger partial charge in [0.05, 0.1) is 11.2 Å². The number of rotatable bonds is 1. The highest BCUT2D eigenvalue weighted by Gasteiger charge is 2.13. The van der Waals surface area contributed by atoms with E-state index in [0.29, 0.717) is 5.58 Å². The van der Waals surface area contributed by atoms with Gasteiger partial charge in [-0.25, -0.2) is 9.78 Å². The number of aromatic nitrogens is 3. The maximum absolute atomic E-state index is 11.6. The van der Waals surface area contributed by atoms with Crippen molar-refractivity contribution in [3.63, 3.8) is 0 Å². The van der Waals surface area contributed by atoms with E-state index in [2.05, 4.69) is 23.5 Å². The first-order chi connectivity index (χ1) is 10.5. The Morgan fingerprint density at radius 1 is 1.14 bits per heavy atom. The number of aryl methyl sites for hydroxylation is 3. The zero-order chi connectivity index (χ0) is 15.4. The number of nitrogens with zero attached hydrogens (tertiary/aromatic N) is 3. The summed E-state index contributed by atoms with van der Waals surface area (Å²) >= 11 is 0. The minimum atomic E-state index is -0.352. The van der Waals surface area contributed by atoms with Gasteiger partial charge in [0.15, 0.2) is 5.58 Å². The molecule has 0 unspecified atom stereocenters. The fourth-order valence-corrected chi connectivity index (χ4v) is 2.82. The van der Waals surface area contributed by atoms with Crippen molar-refractivity contribution in [2.45, 2.75) is 13.8 Å². The Morgan fingerprint density at radius 2 is 1.95 bits per heavy atom. The highest BCUT2D eigenvalue weighted by molar-refractivity contribution is 5.81. The van der Waals surface area contributed by atoms with E-state index in [1.807, 2.05) is 31.3 Å². The van der Waals surface area contributed by atoms with Crippen LogP contribution in [0.15, 0.2) is 45.7 Å². The number of oxazole rings is 1. The Hall–Kier alpha value is -2.82. The van der Waals surface area contributed by atoms with Crippen LogP contribution in [0, 0.1) is 13.8 Å². The van der Waals surface area contributed by atoms with Crippen LogP contribution in [0.1, 0.15) is 11.3 Å². The van der Waals surface area contributed by atoms with E-state index in [4.69, 9.17) is 9.40 Å². The van der Waals surface area contributed by atoms with E-state index in [1.165, 1.54) is 10.1 Å². The van der Waals surface area contributed by atoms with E-state index >= 15 is 0 Å². The monoisotopic (exact) mass is 293 g/mol. The summed E-state index contributed by atoms with van der Waals surface area (Å²) in [5.41, 5.74) is 6.43. The molecule has 0 saturated heterocycles. The van der Waals surface area contributed by atoms with Gasteiger partial charge in [-0.05, 0) is 49.7 Å². The number of fused-ring (bicyclic) bond motifs is 2. The zero-order valence-electron chi connectivity index (χ0n) is 12.6. The maximum atomic E-state index is 11.6. The van der Waals surface area contributed by atoms with Gasteiger partial charge in [0, 0.05) is 24.5 Å². The van der Waals surface area contributed by atoms with Gasteiger partial charge in [0.25, 0.3) is 0 Å². The summed E-state index contributed by atoms with van der Waals surface area (Å²) in [5, 5.41) is 0. The predicted molar refractivity (Wildman–Crippen MR) is 85.1 cm³/mol. The molecule has 110 valence electrons. The maximum Gasteiger partial charge on any atom is 0.419 e. The number of imidazole rings is 1. The SMILES string of the molecule is Cc1ccn2c(C)c(-c3ccc4oc(=O)n(C)c4c3)nc2c1. The van der Waals surface area contributed by atoms with Crippen LogP contribution in [0.5, 0.6) is 0 Å². The molecule has 3 heterocycles. The molecule has 0 atom stereocenters. The van der Waals surface area contributed by atoms with E-state index < -0.39 is 0 Å². The molecule has 0 N–H and O–H groups in total. The van der Waals surface area contributed by atoms with Gasteiger partial charge in [-0.2, -0.15) is 0 Å². The second-order valence-electron chi connectivity index (χ2n) is 5.59. The van der Waals surface area contributed by atoms with Gasteiger partial charge in [0.2, 0.25) is 0 Å². The quantitative estimate of drug-likeness (QED) is 0.542. The first kappa shape index (κ1) is 12.9. The van der Waals surface area contributed by atoms with Crippen molar-refractivity contribution in [1.82, 2.24) is 14.0 Å². The van der Waals surface area contributed by atoms with Crippen LogP contribution in [0.2, 0.25) is 0 Å². The first-order valence-electron chi connectivity index (χ1n) is 7.10. The molecule has 0 spiro atoms. The molecule has 22 heavy (non-hydrogen) atoms. The molecule has 4 rings (SSSR count). The second kappa shape index (κ2) is 4.34. The third kappa shape index (κ3) is 1.72. The van der Waals surface area contributed by atoms with Crippen LogP contribution in [0.3, 0.4) is 0 Å². The summed E-state index contributed by atoms with van der Waals surface area (Å²) < 4.78 is 8.75. The number of hydrogen-bond donors (Lipinski definition) is 0. The van der Waals surface area contributed by atoms with Gasteiger partial charge in [-0.15, -0.1) is 0 Å². The van der Waals surface area contributed by atoms with Crippen molar-refractivity contribution < 1.29 is 4.42 Å². The molecule has 4 aromatic rings. The predicted octanol–water partition coefficient (Wildman–Crippen LogP) is 3.06. The Morgan fingerprint density at radius 3 is 2.77 bits per heavy atom. The first-order valence-corrected chi connectivity index (χ1v) is 7.10. The minimum absolute atomic E-state index is 0.352. The second-order valence-corrected chi connectivity index (χ2v) is 5.59. The van der Waals surface area contributed by atoms with Crippen LogP contribution in [-0.4, -0.2) is 14.0 Å². The lowest BCUT2D eigenvalue weighted by Crippen LogP contribution is -2.08. The van der Waals surface area contributed by atoms with Crippen LogP contribution in [0.4, 0.5) is 0 Å². The molecule has 1 aromatic carbocycles. The highest BCUT2D eigenvalue weighted by atomic mass is 16.4. The van der Waals surface area contributed by atoms with Crippen LogP contribution in [0.25, 0.3) is 28.0 Å². The number of benzene rings is 1. The lowest BCUT2D eigenvalue weighted by atomic mass is 10.1. The normalized spacial score (nSPS) is 11.6. The van der Waals surface area contributed by atoms with E-state index in [-0.39, 0.29) is 5.76 Å². The van der Waals surface area contributed by atoms with Crippen LogP contribution >= 0.6 is 0 Å². The fourth-order valence-electron chi connectivity index (χ4n) is 2.82. The van der Waals surface area contributed by atoms with Gasteiger partial charge in [-0.1, -0.05) is 0 Å². The summed E-state index contributed by atoms with van der Waals surface area (Å²) in [7, 11) is 1.71. The van der Waals surface area contributed by atoms with Crippen molar-refractivity contribution >= 4 is 16.7 Å². The van der Waals surface area contributed by atoms with Crippen molar-refractivity contribution in [2.75, 3.05) is 0 Å². The summed E-state index contributed by atoms with van der Waals surface area (Å²) in [6.45, 7) is 4.10. The zero-order valence-corrected chi connectivity index (χ0v) is 12.6. The summed E-state index contributed by atoms with van der Waals surface area (Å²) in [5.74, 6) is -0.352. The Kier molecular flexibility index (Phi) is 2.54. The molecule has 0 amide bonds. The molecule has 0 fully saturated rings. The molecule has 0 aliphatic carbocycles. The number of hydrogen-bond acceptors (Lipinski definition) is 3. The van der Waals surface area contributed by atoms with Crippen molar-refractivity contribution in [3.8, 4) is 11.3 Å². The van der Waals surface area contributed by atoms with Gasteiger partial charge in [-0.3, -0.25) is 4.57 Å². The summed E-state index contributed by atoms with van der Waals surface area (Å²) in [6, 6.07) is 9.83. The topological polar surface area (TPSA) is 52.4 Å². The molecule has 0 bridgehead atoms. The molecule has 5 heteroatoms. The molecular weight excluding hydrogens is 278 g/mol. The Labute approximate surface area is 126 Å². The average molecular weight is 293 g/mol. The van der Waals surface area contributed by atoms with Gasteiger partial charge in [0.1, 0.15) is 5.65 Å². The third-order valence-electron chi connectivity index (χ3n) is 4.09. The smallest absolute Gasteiger partial charge is 0.408 e. The van der Waals surface area contributed by atoms with E-state index in [9.17, 15) is 4.79 Å². The van der Waals surface area contributed by atoms with Crippen molar-refractivity contribution in [2.24, 2.45) is 7.05 Å². The highest BCUT2D eigenvalue weighted by Crippen LogP contribution is 2.27. The van der Waals surface area contributed by atoms with Crippen LogP contribution in [-0.2, 0) is 7.05 Å². The number of pyridine rings is 1. The van der Waals surface area contributed by atoms with Crippen molar-refractivity contribution in [1.29, 1.82) is 0 Å². The summed E-state index contributed by atoms with van der Waals surface area (Å²) in [6.07, 6.45) is 2.03.